The summed E-state index contributed by atoms with van der Waals surface area (Å²) < 4.78 is 0. The van der Waals surface area contributed by atoms with Crippen LogP contribution < -0.4 is 11.2 Å². The first-order valence-electron chi connectivity index (χ1n) is 8.96. The average molecular weight is 309 g/mol. The molecule has 0 aromatic rings. The molecule has 4 nitrogen and oxygen atoms in total. The van der Waals surface area contributed by atoms with Gasteiger partial charge >= 0.3 is 6.03 Å². The van der Waals surface area contributed by atoms with E-state index >= 15 is 0 Å². The van der Waals surface area contributed by atoms with E-state index in [0.717, 1.165) is 24.5 Å². The zero-order valence-corrected chi connectivity index (χ0v) is 15.0. The lowest BCUT2D eigenvalue weighted by atomic mass is 9.67. The molecule has 1 aliphatic rings. The molecule has 2 atom stereocenters. The van der Waals surface area contributed by atoms with Crippen molar-refractivity contribution >= 4 is 11.7 Å². The van der Waals surface area contributed by atoms with Crippen LogP contribution in [-0.2, 0) is 0 Å². The second kappa shape index (κ2) is 9.16. The van der Waals surface area contributed by atoms with Gasteiger partial charge < -0.3 is 5.73 Å². The van der Waals surface area contributed by atoms with Gasteiger partial charge in [0.2, 0.25) is 0 Å². The molecule has 1 aliphatic carbocycles. The highest BCUT2D eigenvalue weighted by Crippen LogP contribution is 2.40. The second-order valence-corrected chi connectivity index (χ2v) is 7.82. The molecule has 0 aliphatic heterocycles. The van der Waals surface area contributed by atoms with Crippen molar-refractivity contribution in [3.63, 3.8) is 0 Å². The predicted octanol–water partition coefficient (Wildman–Crippen LogP) is 4.83. The van der Waals surface area contributed by atoms with Crippen LogP contribution >= 0.6 is 0 Å². The van der Waals surface area contributed by atoms with Crippen molar-refractivity contribution in [2.75, 3.05) is 0 Å². The maximum absolute atomic E-state index is 10.9. The van der Waals surface area contributed by atoms with Gasteiger partial charge in [0.1, 0.15) is 0 Å². The standard InChI is InChI=1S/C18H35N3O/c1-5-6-7-8-9-10-14-13-15(18(2,3)4)11-12-16(14)20-21-17(19)22/h14-15H,5-13H2,1-4H3,(H3,19,21,22)/b20-16-/t14-,15-/m0/s1. The van der Waals surface area contributed by atoms with Gasteiger partial charge in [-0.05, 0) is 42.9 Å². The molecule has 3 N–H and O–H groups in total. The summed E-state index contributed by atoms with van der Waals surface area (Å²) in [7, 11) is 0. The second-order valence-electron chi connectivity index (χ2n) is 7.82. The van der Waals surface area contributed by atoms with Gasteiger partial charge in [-0.2, -0.15) is 5.10 Å². The molecule has 1 saturated carbocycles. The number of unbranched alkanes of at least 4 members (excludes halogenated alkanes) is 4. The number of carbonyl (C=O) groups excluding carboxylic acids is 1. The van der Waals surface area contributed by atoms with Crippen LogP contribution in [0.4, 0.5) is 4.79 Å². The Balaban J connectivity index is 2.59. The van der Waals surface area contributed by atoms with Crippen LogP contribution in [0.2, 0.25) is 0 Å². The minimum absolute atomic E-state index is 0.350. The lowest BCUT2D eigenvalue weighted by molar-refractivity contribution is 0.182. The van der Waals surface area contributed by atoms with Crippen molar-refractivity contribution in [1.82, 2.24) is 5.43 Å². The van der Waals surface area contributed by atoms with Crippen LogP contribution in [0.25, 0.3) is 0 Å². The Morgan fingerprint density at radius 2 is 1.95 bits per heavy atom. The third-order valence-corrected chi connectivity index (χ3v) is 4.98. The molecule has 1 fully saturated rings. The summed E-state index contributed by atoms with van der Waals surface area (Å²) in [5, 5.41) is 4.29. The molecular weight excluding hydrogens is 274 g/mol. The summed E-state index contributed by atoms with van der Waals surface area (Å²) >= 11 is 0. The minimum Gasteiger partial charge on any atom is -0.350 e. The van der Waals surface area contributed by atoms with Crippen LogP contribution in [0.15, 0.2) is 5.10 Å². The van der Waals surface area contributed by atoms with Crippen molar-refractivity contribution in [2.24, 2.45) is 28.1 Å². The molecule has 0 unspecified atom stereocenters. The van der Waals surface area contributed by atoms with Gasteiger partial charge in [-0.25, -0.2) is 10.2 Å². The van der Waals surface area contributed by atoms with Gasteiger partial charge in [0.25, 0.3) is 0 Å². The Hall–Kier alpha value is -1.06. The highest BCUT2D eigenvalue weighted by molar-refractivity contribution is 5.88. The van der Waals surface area contributed by atoms with Crippen LogP contribution in [0.3, 0.4) is 0 Å². The summed E-state index contributed by atoms with van der Waals surface area (Å²) in [5.41, 5.74) is 9.08. The third-order valence-electron chi connectivity index (χ3n) is 4.98. The van der Waals surface area contributed by atoms with E-state index in [0.29, 0.717) is 11.3 Å². The van der Waals surface area contributed by atoms with Crippen LogP contribution in [-0.4, -0.2) is 11.7 Å². The maximum atomic E-state index is 10.9. The van der Waals surface area contributed by atoms with Gasteiger partial charge in [-0.3, -0.25) is 0 Å². The number of urea groups is 1. The zero-order valence-electron chi connectivity index (χ0n) is 15.0. The molecule has 0 radical (unpaired) electrons. The number of hydrogen-bond acceptors (Lipinski definition) is 2. The quantitative estimate of drug-likeness (QED) is 0.513. The van der Waals surface area contributed by atoms with Crippen molar-refractivity contribution in [2.45, 2.75) is 85.5 Å². The summed E-state index contributed by atoms with van der Waals surface area (Å²) in [4.78, 5) is 10.9. The monoisotopic (exact) mass is 309 g/mol. The predicted molar refractivity (Wildman–Crippen MR) is 93.8 cm³/mol. The zero-order chi connectivity index (χ0) is 16.6. The summed E-state index contributed by atoms with van der Waals surface area (Å²) in [5.74, 6) is 1.24. The van der Waals surface area contributed by atoms with Gasteiger partial charge in [0.05, 0.1) is 0 Å². The normalized spacial score (nSPS) is 24.5. The number of nitrogens with zero attached hydrogens (tertiary/aromatic N) is 1. The Bertz CT molecular complexity index is 371. The van der Waals surface area contributed by atoms with Gasteiger partial charge in [-0.1, -0.05) is 59.8 Å². The number of hydrogen-bond donors (Lipinski definition) is 2. The summed E-state index contributed by atoms with van der Waals surface area (Å²) in [6.07, 6.45) is 11.0. The van der Waals surface area contributed by atoms with Gasteiger partial charge in [0.15, 0.2) is 0 Å². The van der Waals surface area contributed by atoms with E-state index in [-0.39, 0.29) is 0 Å². The Morgan fingerprint density at radius 1 is 1.27 bits per heavy atom. The number of rotatable bonds is 7. The molecule has 0 aromatic heterocycles. The van der Waals surface area contributed by atoms with Crippen molar-refractivity contribution in [3.05, 3.63) is 0 Å². The Kier molecular flexibility index (Phi) is 7.91. The first-order chi connectivity index (χ1) is 10.3. The first-order valence-corrected chi connectivity index (χ1v) is 8.96. The van der Waals surface area contributed by atoms with Crippen LogP contribution in [0.5, 0.6) is 0 Å². The smallest absolute Gasteiger partial charge is 0.332 e. The van der Waals surface area contributed by atoms with E-state index in [2.05, 4.69) is 38.2 Å². The first kappa shape index (κ1) is 19.0. The third kappa shape index (κ3) is 6.80. The van der Waals surface area contributed by atoms with E-state index < -0.39 is 6.03 Å². The molecule has 0 spiro atoms. The fraction of sp³-hybridized carbons (Fsp3) is 0.889. The molecule has 0 heterocycles. The number of carbonyl (C=O) groups is 1. The van der Waals surface area contributed by atoms with Gasteiger partial charge in [-0.15, -0.1) is 0 Å². The highest BCUT2D eigenvalue weighted by atomic mass is 16.2. The minimum atomic E-state index is -0.563. The number of amides is 2. The fourth-order valence-electron chi connectivity index (χ4n) is 3.46. The van der Waals surface area contributed by atoms with Gasteiger partial charge in [0, 0.05) is 5.71 Å². The topological polar surface area (TPSA) is 67.5 Å². The van der Waals surface area contributed by atoms with Crippen molar-refractivity contribution < 1.29 is 4.79 Å². The van der Waals surface area contributed by atoms with E-state index in [4.69, 9.17) is 5.73 Å². The number of hydrazone groups is 1. The largest absolute Gasteiger partial charge is 0.350 e. The molecular formula is C18H35N3O. The van der Waals surface area contributed by atoms with E-state index in [1.165, 1.54) is 44.9 Å². The summed E-state index contributed by atoms with van der Waals surface area (Å²) in [6, 6.07) is -0.563. The van der Waals surface area contributed by atoms with Crippen molar-refractivity contribution in [3.8, 4) is 0 Å². The fourth-order valence-corrected chi connectivity index (χ4v) is 3.46. The number of nitrogens with one attached hydrogen (secondary N) is 1. The molecule has 22 heavy (non-hydrogen) atoms. The van der Waals surface area contributed by atoms with E-state index in [1.54, 1.807) is 0 Å². The Labute approximate surface area is 136 Å². The SMILES string of the molecule is CCCCCCC[C@H]1C[C@@H](C(C)(C)C)CC/C1=N/NC(N)=O. The van der Waals surface area contributed by atoms with E-state index in [1.807, 2.05) is 0 Å². The molecule has 0 saturated heterocycles. The van der Waals surface area contributed by atoms with Crippen LogP contribution in [0.1, 0.15) is 85.5 Å². The maximum Gasteiger partial charge on any atom is 0.332 e. The molecule has 0 bridgehead atoms. The molecule has 1 rings (SSSR count). The average Bonchev–Trinajstić information content (AvgIpc) is 2.44. The molecule has 128 valence electrons. The lowest BCUT2D eigenvalue weighted by Gasteiger charge is -2.38. The molecule has 2 amide bonds. The summed E-state index contributed by atoms with van der Waals surface area (Å²) in [6.45, 7) is 9.24. The highest BCUT2D eigenvalue weighted by Gasteiger charge is 2.33. The van der Waals surface area contributed by atoms with Crippen molar-refractivity contribution in [1.29, 1.82) is 0 Å². The molecule has 4 heteroatoms. The van der Waals surface area contributed by atoms with Crippen LogP contribution in [0, 0.1) is 17.3 Å². The lowest BCUT2D eigenvalue weighted by Crippen LogP contribution is -2.34. The number of primary amides is 1. The molecule has 0 aromatic carbocycles. The Morgan fingerprint density at radius 3 is 2.55 bits per heavy atom. The van der Waals surface area contributed by atoms with E-state index in [9.17, 15) is 4.79 Å². The number of nitrogens with two attached hydrogens (primary N) is 1.